The Hall–Kier alpha value is -2.24. The zero-order valence-electron chi connectivity index (χ0n) is 11.8. The van der Waals surface area contributed by atoms with Crippen molar-refractivity contribution in [1.29, 1.82) is 0 Å². The lowest BCUT2D eigenvalue weighted by molar-refractivity contribution is 1.26. The van der Waals surface area contributed by atoms with Gasteiger partial charge in [-0.25, -0.2) is 4.98 Å². The highest BCUT2D eigenvalue weighted by molar-refractivity contribution is 7.14. The van der Waals surface area contributed by atoms with Crippen molar-refractivity contribution >= 4 is 33.8 Å². The van der Waals surface area contributed by atoms with Crippen molar-refractivity contribution in [2.45, 2.75) is 6.92 Å². The maximum Gasteiger partial charge on any atom is 0.203 e. The molecular weight excluding hydrogens is 316 g/mol. The Morgan fingerprint density at radius 3 is 2.95 bits per heavy atom. The van der Waals surface area contributed by atoms with Gasteiger partial charge in [-0.1, -0.05) is 29.8 Å². The second-order valence-electron chi connectivity index (χ2n) is 4.60. The van der Waals surface area contributed by atoms with Crippen molar-refractivity contribution in [3.8, 4) is 11.3 Å². The number of nitrogens with one attached hydrogen (secondary N) is 1. The van der Waals surface area contributed by atoms with Crippen LogP contribution >= 0.6 is 22.9 Å². The number of hydrogen-bond donors (Lipinski definition) is 1. The molecule has 0 saturated heterocycles. The van der Waals surface area contributed by atoms with Gasteiger partial charge in [0.1, 0.15) is 0 Å². The molecule has 1 aromatic carbocycles. The molecule has 0 unspecified atom stereocenters. The van der Waals surface area contributed by atoms with Gasteiger partial charge in [-0.15, -0.1) is 11.3 Å². The third-order valence-electron chi connectivity index (χ3n) is 3.02. The number of rotatable bonds is 4. The normalized spacial score (nSPS) is 11.5. The van der Waals surface area contributed by atoms with Crippen LogP contribution < -0.4 is 5.43 Å². The maximum atomic E-state index is 6.00. The van der Waals surface area contributed by atoms with E-state index in [1.165, 1.54) is 11.3 Å². The summed E-state index contributed by atoms with van der Waals surface area (Å²) in [4.78, 5) is 8.59. The monoisotopic (exact) mass is 328 g/mol. The molecule has 110 valence electrons. The molecule has 2 aromatic heterocycles. The third kappa shape index (κ3) is 3.50. The predicted molar refractivity (Wildman–Crippen MR) is 92.6 cm³/mol. The van der Waals surface area contributed by atoms with E-state index in [0.29, 0.717) is 5.02 Å². The van der Waals surface area contributed by atoms with Gasteiger partial charge in [0, 0.05) is 33.9 Å². The Morgan fingerprint density at radius 2 is 2.18 bits per heavy atom. The van der Waals surface area contributed by atoms with Crippen LogP contribution in [0.2, 0.25) is 5.02 Å². The zero-order chi connectivity index (χ0) is 15.4. The number of halogens is 1. The summed E-state index contributed by atoms with van der Waals surface area (Å²) in [6.07, 6.45) is 3.52. The Morgan fingerprint density at radius 1 is 1.27 bits per heavy atom. The average Bonchev–Trinajstić information content (AvgIpc) is 3.02. The molecule has 1 N–H and O–H groups in total. The highest BCUT2D eigenvalue weighted by Gasteiger charge is 2.05. The number of aromatic nitrogens is 2. The Bertz CT molecular complexity index is 799. The molecule has 0 saturated carbocycles. The molecule has 0 radical (unpaired) electrons. The molecule has 6 heteroatoms. The van der Waals surface area contributed by atoms with Crippen LogP contribution in [0.3, 0.4) is 0 Å². The minimum atomic E-state index is 0.699. The van der Waals surface area contributed by atoms with E-state index < -0.39 is 0 Å². The van der Waals surface area contributed by atoms with Crippen LogP contribution in [-0.2, 0) is 0 Å². The summed E-state index contributed by atoms with van der Waals surface area (Å²) in [6.45, 7) is 1.93. The number of nitrogens with zero attached hydrogens (tertiary/aromatic N) is 3. The Kier molecular flexibility index (Phi) is 4.46. The first-order valence-corrected chi connectivity index (χ1v) is 7.90. The molecule has 0 aliphatic carbocycles. The lowest BCUT2D eigenvalue weighted by Crippen LogP contribution is -1.99. The Labute approximate surface area is 137 Å². The first-order valence-electron chi connectivity index (χ1n) is 6.64. The number of thiazole rings is 1. The highest BCUT2D eigenvalue weighted by atomic mass is 35.5. The largest absolute Gasteiger partial charge is 0.264 e. The van der Waals surface area contributed by atoms with Gasteiger partial charge in [0.25, 0.3) is 0 Å². The van der Waals surface area contributed by atoms with Crippen LogP contribution in [0, 0.1) is 0 Å². The van der Waals surface area contributed by atoms with Gasteiger partial charge in [0.05, 0.1) is 11.4 Å². The molecule has 0 amide bonds. The second-order valence-corrected chi connectivity index (χ2v) is 5.89. The summed E-state index contributed by atoms with van der Waals surface area (Å²) >= 11 is 7.50. The smallest absolute Gasteiger partial charge is 0.203 e. The molecular formula is C16H13ClN4S. The number of anilines is 1. The van der Waals surface area contributed by atoms with Gasteiger partial charge >= 0.3 is 0 Å². The van der Waals surface area contributed by atoms with E-state index in [4.69, 9.17) is 11.6 Å². The molecule has 2 heterocycles. The fourth-order valence-electron chi connectivity index (χ4n) is 1.88. The number of hydrogen-bond acceptors (Lipinski definition) is 5. The van der Waals surface area contributed by atoms with Crippen molar-refractivity contribution in [1.82, 2.24) is 9.97 Å². The van der Waals surface area contributed by atoms with E-state index in [-0.39, 0.29) is 0 Å². The third-order valence-corrected chi connectivity index (χ3v) is 4.01. The van der Waals surface area contributed by atoms with Gasteiger partial charge in [0.2, 0.25) is 5.13 Å². The van der Waals surface area contributed by atoms with Gasteiger partial charge in [0.15, 0.2) is 0 Å². The Balaban J connectivity index is 1.75. The SMILES string of the molecule is C/C(=N\Nc1nc(-c2cccc(Cl)c2)cs1)c1cccnc1. The maximum absolute atomic E-state index is 6.00. The predicted octanol–water partition coefficient (Wildman–Crippen LogP) is 4.69. The minimum Gasteiger partial charge on any atom is -0.264 e. The van der Waals surface area contributed by atoms with Crippen LogP contribution in [0.4, 0.5) is 5.13 Å². The molecule has 22 heavy (non-hydrogen) atoms. The summed E-state index contributed by atoms with van der Waals surface area (Å²) in [5, 5.41) is 7.75. The van der Waals surface area contributed by atoms with E-state index in [0.717, 1.165) is 27.7 Å². The first kappa shape index (κ1) is 14.7. The lowest BCUT2D eigenvalue weighted by Gasteiger charge is -2.00. The fourth-order valence-corrected chi connectivity index (χ4v) is 2.73. The molecule has 0 aliphatic rings. The summed E-state index contributed by atoms with van der Waals surface area (Å²) < 4.78 is 0. The first-order chi connectivity index (χ1) is 10.7. The van der Waals surface area contributed by atoms with E-state index in [1.54, 1.807) is 12.4 Å². The van der Waals surface area contributed by atoms with Crippen LogP contribution in [0.15, 0.2) is 59.3 Å². The molecule has 0 fully saturated rings. The van der Waals surface area contributed by atoms with Gasteiger partial charge in [-0.2, -0.15) is 5.10 Å². The van der Waals surface area contributed by atoms with Crippen molar-refractivity contribution in [3.05, 3.63) is 64.8 Å². The molecule has 4 nitrogen and oxygen atoms in total. The molecule has 0 aliphatic heterocycles. The van der Waals surface area contributed by atoms with E-state index >= 15 is 0 Å². The van der Waals surface area contributed by atoms with E-state index in [9.17, 15) is 0 Å². The van der Waals surface area contributed by atoms with Gasteiger partial charge in [-0.3, -0.25) is 10.4 Å². The van der Waals surface area contributed by atoms with E-state index in [1.807, 2.05) is 48.7 Å². The number of pyridine rings is 1. The van der Waals surface area contributed by atoms with Crippen molar-refractivity contribution < 1.29 is 0 Å². The quantitative estimate of drug-likeness (QED) is 0.558. The lowest BCUT2D eigenvalue weighted by atomic mass is 10.2. The molecule has 0 atom stereocenters. The summed E-state index contributed by atoms with van der Waals surface area (Å²) in [6, 6.07) is 11.5. The van der Waals surface area contributed by atoms with Gasteiger partial charge in [-0.05, 0) is 25.1 Å². The summed E-state index contributed by atoms with van der Waals surface area (Å²) in [5.41, 5.74) is 6.68. The minimum absolute atomic E-state index is 0.699. The van der Waals surface area contributed by atoms with Crippen LogP contribution in [0.1, 0.15) is 12.5 Å². The summed E-state index contributed by atoms with van der Waals surface area (Å²) in [5.74, 6) is 0. The topological polar surface area (TPSA) is 50.2 Å². The molecule has 0 spiro atoms. The van der Waals surface area contributed by atoms with Crippen LogP contribution in [0.25, 0.3) is 11.3 Å². The molecule has 0 bridgehead atoms. The fraction of sp³-hybridized carbons (Fsp3) is 0.0625. The van der Waals surface area contributed by atoms with Crippen LogP contribution in [-0.4, -0.2) is 15.7 Å². The van der Waals surface area contributed by atoms with Crippen LogP contribution in [0.5, 0.6) is 0 Å². The van der Waals surface area contributed by atoms with Gasteiger partial charge < -0.3 is 0 Å². The zero-order valence-corrected chi connectivity index (χ0v) is 13.4. The number of benzene rings is 1. The van der Waals surface area contributed by atoms with Crippen molar-refractivity contribution in [2.24, 2.45) is 5.10 Å². The highest BCUT2D eigenvalue weighted by Crippen LogP contribution is 2.26. The average molecular weight is 329 g/mol. The van der Waals surface area contributed by atoms with E-state index in [2.05, 4.69) is 20.5 Å². The standard InChI is InChI=1S/C16H13ClN4S/c1-11(13-5-3-7-18-9-13)20-21-16-19-15(10-22-16)12-4-2-6-14(17)8-12/h2-10H,1H3,(H,19,21)/b20-11+. The summed E-state index contributed by atoms with van der Waals surface area (Å²) in [7, 11) is 0. The van der Waals surface area contributed by atoms with Crippen molar-refractivity contribution in [2.75, 3.05) is 5.43 Å². The molecule has 3 aromatic rings. The number of hydrazone groups is 1. The molecule has 3 rings (SSSR count). The van der Waals surface area contributed by atoms with Crippen molar-refractivity contribution in [3.63, 3.8) is 0 Å². The second kappa shape index (κ2) is 6.68.